The van der Waals surface area contributed by atoms with E-state index < -0.39 is 3.79 Å². The fraction of sp³-hybridized carbons (Fsp3) is 0.818. The molecule has 2 fully saturated rings. The zero-order valence-electron chi connectivity index (χ0n) is 7.80. The molecule has 0 saturated heterocycles. The normalized spacial score (nSPS) is 50.1. The predicted octanol–water partition coefficient (Wildman–Crippen LogP) is 4.20. The van der Waals surface area contributed by atoms with Crippen molar-refractivity contribution in [3.8, 4) is 0 Å². The second-order valence-electron chi connectivity index (χ2n) is 4.91. The highest BCUT2D eigenvalue weighted by molar-refractivity contribution is 6.67. The summed E-state index contributed by atoms with van der Waals surface area (Å²) in [6, 6.07) is 0. The van der Waals surface area contributed by atoms with Gasteiger partial charge < -0.3 is 0 Å². The Morgan fingerprint density at radius 2 is 1.71 bits per heavy atom. The number of hydrogen-bond acceptors (Lipinski definition) is 0. The van der Waals surface area contributed by atoms with Crippen LogP contribution in [-0.2, 0) is 0 Å². The van der Waals surface area contributed by atoms with E-state index in [1.165, 1.54) is 12.8 Å². The number of allylic oxidation sites excluding steroid dienone is 2. The molecule has 0 spiro atoms. The molecular weight excluding hydrogens is 238 g/mol. The third-order valence-electron chi connectivity index (χ3n) is 4.38. The maximum Gasteiger partial charge on any atom is 0.193 e. The molecule has 0 aromatic heterocycles. The first-order valence-electron chi connectivity index (χ1n) is 5.32. The van der Waals surface area contributed by atoms with Gasteiger partial charge in [0.05, 0.1) is 0 Å². The summed E-state index contributed by atoms with van der Waals surface area (Å²) in [6.45, 7) is 0. The molecule has 3 heteroatoms. The van der Waals surface area contributed by atoms with Gasteiger partial charge >= 0.3 is 0 Å². The predicted molar refractivity (Wildman–Crippen MR) is 60.7 cm³/mol. The molecule has 2 bridgehead atoms. The number of hydrogen-bond donors (Lipinski definition) is 0. The van der Waals surface area contributed by atoms with Crippen molar-refractivity contribution in [1.29, 1.82) is 0 Å². The van der Waals surface area contributed by atoms with Gasteiger partial charge in [-0.3, -0.25) is 0 Å². The van der Waals surface area contributed by atoms with Gasteiger partial charge in [0.2, 0.25) is 0 Å². The first kappa shape index (κ1) is 9.81. The van der Waals surface area contributed by atoms with Crippen LogP contribution in [0.25, 0.3) is 0 Å². The van der Waals surface area contributed by atoms with Crippen LogP contribution in [0, 0.1) is 29.6 Å². The first-order chi connectivity index (χ1) is 6.57. The lowest BCUT2D eigenvalue weighted by atomic mass is 9.82. The summed E-state index contributed by atoms with van der Waals surface area (Å²) in [7, 11) is 0. The molecular formula is C11H13Cl3. The fourth-order valence-corrected chi connectivity index (χ4v) is 4.68. The summed E-state index contributed by atoms with van der Waals surface area (Å²) in [6.07, 6.45) is 8.40. The third-order valence-corrected chi connectivity index (χ3v) is 5.23. The third kappa shape index (κ3) is 1.27. The minimum atomic E-state index is -1.04. The topological polar surface area (TPSA) is 0 Å². The van der Waals surface area contributed by atoms with Crippen molar-refractivity contribution in [2.24, 2.45) is 29.6 Å². The van der Waals surface area contributed by atoms with E-state index >= 15 is 0 Å². The van der Waals surface area contributed by atoms with Gasteiger partial charge in [0.1, 0.15) is 0 Å². The Morgan fingerprint density at radius 3 is 2.43 bits per heavy atom. The minimum Gasteiger partial charge on any atom is -0.0848 e. The van der Waals surface area contributed by atoms with Crippen LogP contribution in [0.5, 0.6) is 0 Å². The molecule has 0 aromatic rings. The van der Waals surface area contributed by atoms with Crippen molar-refractivity contribution in [2.75, 3.05) is 0 Å². The van der Waals surface area contributed by atoms with Crippen LogP contribution in [-0.4, -0.2) is 3.79 Å². The Hall–Kier alpha value is 0.610. The van der Waals surface area contributed by atoms with E-state index in [-0.39, 0.29) is 5.92 Å². The lowest BCUT2D eigenvalue weighted by molar-refractivity contribution is 0.291. The highest BCUT2D eigenvalue weighted by atomic mass is 35.6. The van der Waals surface area contributed by atoms with Crippen molar-refractivity contribution in [2.45, 2.75) is 23.1 Å². The van der Waals surface area contributed by atoms with E-state index in [1.807, 2.05) is 0 Å². The molecule has 0 N–H and O–H groups in total. The second-order valence-corrected chi connectivity index (χ2v) is 7.28. The molecule has 2 saturated carbocycles. The van der Waals surface area contributed by atoms with Gasteiger partial charge in [-0.15, -0.1) is 0 Å². The van der Waals surface area contributed by atoms with Gasteiger partial charge in [0.15, 0.2) is 3.79 Å². The SMILES string of the molecule is ClC(Cl)(Cl)C1CCC2C3C=CC(C3)C21. The molecule has 5 unspecified atom stereocenters. The summed E-state index contributed by atoms with van der Waals surface area (Å²) in [5.41, 5.74) is 0. The van der Waals surface area contributed by atoms with Gasteiger partial charge in [-0.1, -0.05) is 47.0 Å². The molecule has 3 aliphatic carbocycles. The standard InChI is InChI=1S/C11H13Cl3/c12-11(13,14)9-4-3-8-6-1-2-7(5-6)10(8)9/h1-2,6-10H,3-5H2. The first-order valence-corrected chi connectivity index (χ1v) is 6.46. The quantitative estimate of drug-likeness (QED) is 0.447. The van der Waals surface area contributed by atoms with Crippen LogP contribution < -0.4 is 0 Å². The number of alkyl halides is 3. The molecule has 5 atom stereocenters. The van der Waals surface area contributed by atoms with Gasteiger partial charge in [-0.05, 0) is 42.9 Å². The van der Waals surface area contributed by atoms with Crippen LogP contribution in [0.15, 0.2) is 12.2 Å². The van der Waals surface area contributed by atoms with Crippen LogP contribution >= 0.6 is 34.8 Å². The average molecular weight is 252 g/mol. The molecule has 0 amide bonds. The Balaban J connectivity index is 1.89. The zero-order valence-corrected chi connectivity index (χ0v) is 10.1. The van der Waals surface area contributed by atoms with Gasteiger partial charge in [0.25, 0.3) is 0 Å². The largest absolute Gasteiger partial charge is 0.193 e. The van der Waals surface area contributed by atoms with Crippen LogP contribution in [0.3, 0.4) is 0 Å². The molecule has 78 valence electrons. The number of halogens is 3. The van der Waals surface area contributed by atoms with E-state index in [0.717, 1.165) is 18.3 Å². The van der Waals surface area contributed by atoms with Crippen molar-refractivity contribution >= 4 is 34.8 Å². The molecule has 3 aliphatic rings. The minimum absolute atomic E-state index is 0.289. The van der Waals surface area contributed by atoms with Crippen molar-refractivity contribution in [1.82, 2.24) is 0 Å². The molecule has 3 rings (SSSR count). The summed E-state index contributed by atoms with van der Waals surface area (Å²) in [5, 5.41) is 0. The van der Waals surface area contributed by atoms with E-state index in [9.17, 15) is 0 Å². The monoisotopic (exact) mass is 250 g/mol. The molecule has 0 heterocycles. The van der Waals surface area contributed by atoms with Crippen molar-refractivity contribution in [3.05, 3.63) is 12.2 Å². The number of fused-ring (bicyclic) bond motifs is 5. The van der Waals surface area contributed by atoms with E-state index in [1.54, 1.807) is 0 Å². The Labute approximate surface area is 99.6 Å². The average Bonchev–Trinajstić information content (AvgIpc) is 2.74. The summed E-state index contributed by atoms with van der Waals surface area (Å²) < 4.78 is -1.04. The van der Waals surface area contributed by atoms with Gasteiger partial charge in [-0.2, -0.15) is 0 Å². The lowest BCUT2D eigenvalue weighted by Crippen LogP contribution is -2.28. The van der Waals surface area contributed by atoms with E-state index in [4.69, 9.17) is 34.8 Å². The second kappa shape index (κ2) is 3.06. The Morgan fingerprint density at radius 1 is 1.00 bits per heavy atom. The van der Waals surface area contributed by atoms with Crippen LogP contribution in [0.2, 0.25) is 0 Å². The van der Waals surface area contributed by atoms with E-state index in [0.29, 0.717) is 11.8 Å². The Kier molecular flexibility index (Phi) is 2.14. The molecule has 0 radical (unpaired) electrons. The van der Waals surface area contributed by atoms with E-state index in [2.05, 4.69) is 12.2 Å². The zero-order chi connectivity index (χ0) is 9.92. The highest BCUT2D eigenvalue weighted by Crippen LogP contribution is 2.62. The molecule has 14 heavy (non-hydrogen) atoms. The molecule has 0 aromatic carbocycles. The smallest absolute Gasteiger partial charge is 0.0848 e. The van der Waals surface area contributed by atoms with Gasteiger partial charge in [-0.25, -0.2) is 0 Å². The lowest BCUT2D eigenvalue weighted by Gasteiger charge is -2.30. The Bertz CT molecular complexity index is 279. The van der Waals surface area contributed by atoms with Crippen molar-refractivity contribution < 1.29 is 0 Å². The summed E-state index contributed by atoms with van der Waals surface area (Å²) in [5.74, 6) is 3.25. The molecule has 0 nitrogen and oxygen atoms in total. The summed E-state index contributed by atoms with van der Waals surface area (Å²) in [4.78, 5) is 0. The maximum atomic E-state index is 6.05. The van der Waals surface area contributed by atoms with Crippen LogP contribution in [0.1, 0.15) is 19.3 Å². The van der Waals surface area contributed by atoms with Crippen molar-refractivity contribution in [3.63, 3.8) is 0 Å². The maximum absolute atomic E-state index is 6.05. The number of rotatable bonds is 0. The van der Waals surface area contributed by atoms with Gasteiger partial charge in [0, 0.05) is 5.92 Å². The molecule has 0 aliphatic heterocycles. The summed E-state index contributed by atoms with van der Waals surface area (Å²) >= 11 is 18.1. The van der Waals surface area contributed by atoms with Crippen LogP contribution in [0.4, 0.5) is 0 Å². The highest BCUT2D eigenvalue weighted by Gasteiger charge is 2.55. The fourth-order valence-electron chi connectivity index (χ4n) is 3.91.